The van der Waals surface area contributed by atoms with Crippen LogP contribution in [-0.2, 0) is 17.6 Å². The number of nitrogens with one attached hydrogen (secondary N) is 1. The molecule has 1 aromatic heterocycles. The van der Waals surface area contributed by atoms with E-state index in [1.165, 1.54) is 17.7 Å². The van der Waals surface area contributed by atoms with Gasteiger partial charge in [0.15, 0.2) is 0 Å². The summed E-state index contributed by atoms with van der Waals surface area (Å²) in [5.41, 5.74) is 3.12. The van der Waals surface area contributed by atoms with Crippen LogP contribution in [-0.4, -0.2) is 16.1 Å². The summed E-state index contributed by atoms with van der Waals surface area (Å²) in [5.74, 6) is -0.795. The Morgan fingerprint density at radius 1 is 1.50 bits per heavy atom. The molecule has 1 aliphatic rings. The SMILES string of the molecule is O=C(O)CC1CCc2[nH]c3cc(F)ccc3c2C1. The first kappa shape index (κ1) is 11.3. The number of carboxylic acid groups (broad SMARTS) is 1. The molecule has 0 radical (unpaired) electrons. The Hall–Kier alpha value is -1.84. The van der Waals surface area contributed by atoms with E-state index < -0.39 is 5.97 Å². The molecule has 1 unspecified atom stereocenters. The van der Waals surface area contributed by atoms with Gasteiger partial charge >= 0.3 is 5.97 Å². The summed E-state index contributed by atoms with van der Waals surface area (Å²) < 4.78 is 13.2. The minimum atomic E-state index is -0.741. The van der Waals surface area contributed by atoms with Crippen LogP contribution in [0.1, 0.15) is 24.1 Å². The predicted octanol–water partition coefficient (Wildman–Crippen LogP) is 2.89. The summed E-state index contributed by atoms with van der Waals surface area (Å²) in [7, 11) is 0. The van der Waals surface area contributed by atoms with E-state index >= 15 is 0 Å². The van der Waals surface area contributed by atoms with Crippen molar-refractivity contribution in [1.29, 1.82) is 0 Å². The fourth-order valence-corrected chi connectivity index (χ4v) is 2.89. The normalized spacial score (nSPS) is 18.8. The molecule has 3 nitrogen and oxygen atoms in total. The molecule has 0 amide bonds. The van der Waals surface area contributed by atoms with Gasteiger partial charge in [0.05, 0.1) is 0 Å². The van der Waals surface area contributed by atoms with E-state index in [4.69, 9.17) is 5.11 Å². The van der Waals surface area contributed by atoms with Crippen molar-refractivity contribution in [2.45, 2.75) is 25.7 Å². The van der Waals surface area contributed by atoms with E-state index in [1.807, 2.05) is 0 Å². The Kier molecular flexibility index (Phi) is 2.58. The molecule has 18 heavy (non-hydrogen) atoms. The van der Waals surface area contributed by atoms with Crippen molar-refractivity contribution in [3.05, 3.63) is 35.3 Å². The first-order valence-corrected chi connectivity index (χ1v) is 6.14. The molecule has 0 saturated heterocycles. The molecule has 4 heteroatoms. The molecular weight excluding hydrogens is 233 g/mol. The first-order chi connectivity index (χ1) is 8.63. The van der Waals surface area contributed by atoms with Gasteiger partial charge in [-0.3, -0.25) is 4.79 Å². The lowest BCUT2D eigenvalue weighted by Crippen LogP contribution is -2.16. The van der Waals surface area contributed by atoms with Crippen molar-refractivity contribution >= 4 is 16.9 Å². The number of hydrogen-bond acceptors (Lipinski definition) is 1. The number of aromatic nitrogens is 1. The number of H-pyrrole nitrogens is 1. The summed E-state index contributed by atoms with van der Waals surface area (Å²) in [6.07, 6.45) is 2.72. The molecule has 1 aliphatic carbocycles. The van der Waals surface area contributed by atoms with Crippen molar-refractivity contribution in [2.75, 3.05) is 0 Å². The van der Waals surface area contributed by atoms with Crippen LogP contribution in [0.5, 0.6) is 0 Å². The van der Waals surface area contributed by atoms with Crippen molar-refractivity contribution < 1.29 is 14.3 Å². The zero-order valence-corrected chi connectivity index (χ0v) is 9.87. The van der Waals surface area contributed by atoms with Crippen LogP contribution >= 0.6 is 0 Å². The largest absolute Gasteiger partial charge is 0.481 e. The zero-order chi connectivity index (χ0) is 12.7. The highest BCUT2D eigenvalue weighted by Crippen LogP contribution is 2.33. The average Bonchev–Trinajstić information content (AvgIpc) is 2.65. The minimum Gasteiger partial charge on any atom is -0.481 e. The fourth-order valence-electron chi connectivity index (χ4n) is 2.89. The number of benzene rings is 1. The van der Waals surface area contributed by atoms with Crippen LogP contribution < -0.4 is 0 Å². The summed E-state index contributed by atoms with van der Waals surface area (Å²) in [5, 5.41) is 9.89. The van der Waals surface area contributed by atoms with E-state index in [9.17, 15) is 9.18 Å². The van der Waals surface area contributed by atoms with Gasteiger partial charge in [-0.1, -0.05) is 0 Å². The monoisotopic (exact) mass is 247 g/mol. The predicted molar refractivity (Wildman–Crippen MR) is 66.0 cm³/mol. The minimum absolute atomic E-state index is 0.194. The molecule has 1 aromatic carbocycles. The molecule has 0 bridgehead atoms. The van der Waals surface area contributed by atoms with Crippen molar-refractivity contribution in [1.82, 2.24) is 4.98 Å². The molecule has 2 N–H and O–H groups in total. The maximum atomic E-state index is 13.2. The van der Waals surface area contributed by atoms with Gasteiger partial charge < -0.3 is 10.1 Å². The van der Waals surface area contributed by atoms with E-state index in [0.29, 0.717) is 0 Å². The highest BCUT2D eigenvalue weighted by Gasteiger charge is 2.24. The molecule has 0 saturated carbocycles. The second kappa shape index (κ2) is 4.12. The van der Waals surface area contributed by atoms with E-state index in [-0.39, 0.29) is 18.2 Å². The molecule has 1 heterocycles. The third-order valence-corrected chi connectivity index (χ3v) is 3.72. The van der Waals surface area contributed by atoms with Crippen LogP contribution in [0.3, 0.4) is 0 Å². The highest BCUT2D eigenvalue weighted by molar-refractivity contribution is 5.85. The molecule has 0 fully saturated rings. The van der Waals surface area contributed by atoms with Crippen LogP contribution in [0.2, 0.25) is 0 Å². The van der Waals surface area contributed by atoms with Crippen LogP contribution in [0.25, 0.3) is 10.9 Å². The molecule has 3 rings (SSSR count). The zero-order valence-electron chi connectivity index (χ0n) is 9.87. The van der Waals surface area contributed by atoms with Crippen molar-refractivity contribution in [2.24, 2.45) is 5.92 Å². The van der Waals surface area contributed by atoms with E-state index in [2.05, 4.69) is 4.98 Å². The highest BCUT2D eigenvalue weighted by atomic mass is 19.1. The third-order valence-electron chi connectivity index (χ3n) is 3.72. The lowest BCUT2D eigenvalue weighted by molar-refractivity contribution is -0.138. The summed E-state index contributed by atoms with van der Waals surface area (Å²) >= 11 is 0. The topological polar surface area (TPSA) is 53.1 Å². The summed E-state index contributed by atoms with van der Waals surface area (Å²) in [6.45, 7) is 0. The van der Waals surface area contributed by atoms with Gasteiger partial charge in [-0.05, 0) is 48.9 Å². The maximum Gasteiger partial charge on any atom is 0.303 e. The Morgan fingerprint density at radius 3 is 3.11 bits per heavy atom. The van der Waals surface area contributed by atoms with Crippen LogP contribution in [0.15, 0.2) is 18.2 Å². The lowest BCUT2D eigenvalue weighted by atomic mass is 9.84. The Bertz CT molecular complexity index is 618. The van der Waals surface area contributed by atoms with Gasteiger partial charge in [0.2, 0.25) is 0 Å². The maximum absolute atomic E-state index is 13.2. The molecule has 0 spiro atoms. The number of aromatic amines is 1. The fraction of sp³-hybridized carbons (Fsp3) is 0.357. The Labute approximate surface area is 104 Å². The van der Waals surface area contributed by atoms with E-state index in [0.717, 1.165) is 35.9 Å². The molecule has 1 atom stereocenters. The Balaban J connectivity index is 1.99. The number of fused-ring (bicyclic) bond motifs is 3. The van der Waals surface area contributed by atoms with Crippen molar-refractivity contribution in [3.8, 4) is 0 Å². The number of aryl methyl sites for hydroxylation is 1. The number of hydrogen-bond donors (Lipinski definition) is 2. The smallest absolute Gasteiger partial charge is 0.303 e. The van der Waals surface area contributed by atoms with Crippen LogP contribution in [0.4, 0.5) is 4.39 Å². The van der Waals surface area contributed by atoms with Gasteiger partial charge in [0, 0.05) is 23.0 Å². The number of aliphatic carboxylic acids is 1. The number of rotatable bonds is 2. The number of carboxylic acids is 1. The molecule has 2 aromatic rings. The molecular formula is C14H14FNO2. The van der Waals surface area contributed by atoms with E-state index in [1.54, 1.807) is 6.07 Å². The lowest BCUT2D eigenvalue weighted by Gasteiger charge is -2.20. The van der Waals surface area contributed by atoms with Gasteiger partial charge in [0.1, 0.15) is 5.82 Å². The first-order valence-electron chi connectivity index (χ1n) is 6.14. The van der Waals surface area contributed by atoms with Crippen molar-refractivity contribution in [3.63, 3.8) is 0 Å². The summed E-state index contributed by atoms with van der Waals surface area (Å²) in [4.78, 5) is 14.0. The number of halogens is 1. The average molecular weight is 247 g/mol. The summed E-state index contributed by atoms with van der Waals surface area (Å²) in [6, 6.07) is 4.74. The molecule has 0 aliphatic heterocycles. The second-order valence-electron chi connectivity index (χ2n) is 4.98. The Morgan fingerprint density at radius 2 is 2.33 bits per heavy atom. The van der Waals surface area contributed by atoms with Gasteiger partial charge in [-0.25, -0.2) is 4.39 Å². The quantitative estimate of drug-likeness (QED) is 0.857. The molecule has 94 valence electrons. The second-order valence-corrected chi connectivity index (χ2v) is 4.98. The van der Waals surface area contributed by atoms with Gasteiger partial charge in [-0.15, -0.1) is 0 Å². The third kappa shape index (κ3) is 1.88. The van der Waals surface area contributed by atoms with Crippen LogP contribution in [0, 0.1) is 11.7 Å². The van der Waals surface area contributed by atoms with Gasteiger partial charge in [0.25, 0.3) is 0 Å². The van der Waals surface area contributed by atoms with Gasteiger partial charge in [-0.2, -0.15) is 0 Å². The standard InChI is InChI=1S/C14H14FNO2/c15-9-2-3-10-11-5-8(6-14(17)18)1-4-12(11)16-13(10)7-9/h2-3,7-8,16H,1,4-6H2,(H,17,18). The number of carbonyl (C=O) groups is 1.